The zero-order valence-electron chi connectivity index (χ0n) is 13.5. The molecule has 2 unspecified atom stereocenters. The fraction of sp³-hybridized carbons (Fsp3) is 0.500. The quantitative estimate of drug-likeness (QED) is 0.801. The maximum absolute atomic E-state index is 12.9. The van der Waals surface area contributed by atoms with E-state index in [9.17, 15) is 12.8 Å². The van der Waals surface area contributed by atoms with E-state index in [1.54, 1.807) is 0 Å². The number of aromatic nitrogens is 2. The molecule has 1 aromatic carbocycles. The summed E-state index contributed by atoms with van der Waals surface area (Å²) >= 11 is 0. The topological polar surface area (TPSA) is 97.1 Å². The van der Waals surface area contributed by atoms with Gasteiger partial charge in [0, 0.05) is 19.0 Å². The summed E-state index contributed by atoms with van der Waals surface area (Å²) in [6, 6.07) is 5.23. The third-order valence-corrected chi connectivity index (χ3v) is 6.47. The van der Waals surface area contributed by atoms with Gasteiger partial charge in [0.1, 0.15) is 5.82 Å². The Labute approximate surface area is 145 Å². The molecule has 0 radical (unpaired) electrons. The largest absolute Gasteiger partial charge is 0.339 e. The van der Waals surface area contributed by atoms with Crippen molar-refractivity contribution in [3.05, 3.63) is 41.8 Å². The van der Waals surface area contributed by atoms with E-state index in [-0.39, 0.29) is 22.7 Å². The molecule has 1 saturated carbocycles. The molecule has 2 atom stereocenters. The third kappa shape index (κ3) is 3.44. The maximum Gasteiger partial charge on any atom is 0.240 e. The average Bonchev–Trinajstić information content (AvgIpc) is 3.30. The Morgan fingerprint density at radius 2 is 2.16 bits per heavy atom. The second-order valence-corrected chi connectivity index (χ2v) is 8.65. The fourth-order valence-corrected chi connectivity index (χ4v) is 4.72. The van der Waals surface area contributed by atoms with Crippen molar-refractivity contribution < 1.29 is 17.3 Å². The standard InChI is InChI=1S/C16H19FN4O3S/c17-11-1-3-13(4-2-11)25(22,23)19-9-14-20-15(24-21-14)8-16-6-5-12(7-16)18-10-16/h1-4,12,18-19H,5-10H2. The molecule has 2 N–H and O–H groups in total. The van der Waals surface area contributed by atoms with Gasteiger partial charge in [-0.15, -0.1) is 0 Å². The number of hydrogen-bond acceptors (Lipinski definition) is 6. The Bertz CT molecular complexity index is 858. The van der Waals surface area contributed by atoms with Crippen LogP contribution in [0.4, 0.5) is 4.39 Å². The monoisotopic (exact) mass is 366 g/mol. The smallest absolute Gasteiger partial charge is 0.240 e. The van der Waals surface area contributed by atoms with Crippen LogP contribution in [-0.2, 0) is 23.0 Å². The van der Waals surface area contributed by atoms with E-state index in [4.69, 9.17) is 4.52 Å². The van der Waals surface area contributed by atoms with Crippen LogP contribution in [0.1, 0.15) is 31.0 Å². The maximum atomic E-state index is 12.9. The predicted octanol–water partition coefficient (Wildman–Crippen LogP) is 1.37. The van der Waals surface area contributed by atoms with Gasteiger partial charge in [0.15, 0.2) is 5.82 Å². The molecule has 0 spiro atoms. The molecule has 7 nitrogen and oxygen atoms in total. The Hall–Kier alpha value is -1.84. The highest BCUT2D eigenvalue weighted by Gasteiger charge is 2.45. The van der Waals surface area contributed by atoms with E-state index < -0.39 is 15.8 Å². The number of piperidine rings is 1. The zero-order valence-corrected chi connectivity index (χ0v) is 14.4. The normalized spacial score (nSPS) is 25.6. The summed E-state index contributed by atoms with van der Waals surface area (Å²) in [5.74, 6) is 0.342. The van der Waals surface area contributed by atoms with Crippen molar-refractivity contribution in [2.45, 2.75) is 43.2 Å². The van der Waals surface area contributed by atoms with Gasteiger partial charge in [0.05, 0.1) is 11.4 Å². The van der Waals surface area contributed by atoms with Gasteiger partial charge in [-0.25, -0.2) is 17.5 Å². The second-order valence-electron chi connectivity index (χ2n) is 6.88. The molecule has 2 aromatic rings. The molecular weight excluding hydrogens is 347 g/mol. The van der Waals surface area contributed by atoms with Gasteiger partial charge in [0.2, 0.25) is 15.9 Å². The number of sulfonamides is 1. The molecule has 1 saturated heterocycles. The minimum absolute atomic E-state index is 0.00876. The van der Waals surface area contributed by atoms with Crippen molar-refractivity contribution in [2.24, 2.45) is 5.41 Å². The molecule has 134 valence electrons. The Morgan fingerprint density at radius 1 is 1.36 bits per heavy atom. The number of nitrogens with zero attached hydrogens (tertiary/aromatic N) is 2. The first kappa shape index (κ1) is 16.6. The van der Waals surface area contributed by atoms with E-state index >= 15 is 0 Å². The highest BCUT2D eigenvalue weighted by Crippen LogP contribution is 2.44. The van der Waals surface area contributed by atoms with E-state index in [2.05, 4.69) is 20.2 Å². The molecule has 25 heavy (non-hydrogen) atoms. The highest BCUT2D eigenvalue weighted by atomic mass is 32.2. The summed E-state index contributed by atoms with van der Waals surface area (Å²) < 4.78 is 44.9. The lowest BCUT2D eigenvalue weighted by Crippen LogP contribution is -2.31. The number of hydrogen-bond donors (Lipinski definition) is 2. The van der Waals surface area contributed by atoms with Crippen molar-refractivity contribution in [3.8, 4) is 0 Å². The Balaban J connectivity index is 1.39. The number of halogens is 1. The molecule has 0 amide bonds. The highest BCUT2D eigenvalue weighted by molar-refractivity contribution is 7.89. The summed E-state index contributed by atoms with van der Waals surface area (Å²) in [5.41, 5.74) is 0.197. The lowest BCUT2D eigenvalue weighted by atomic mass is 9.84. The Kier molecular flexibility index (Phi) is 4.09. The fourth-order valence-electron chi connectivity index (χ4n) is 3.74. The summed E-state index contributed by atoms with van der Waals surface area (Å²) in [7, 11) is -3.75. The van der Waals surface area contributed by atoms with Crippen LogP contribution < -0.4 is 10.0 Å². The molecule has 2 fully saturated rings. The zero-order chi connectivity index (χ0) is 17.5. The van der Waals surface area contributed by atoms with Gasteiger partial charge in [-0.2, -0.15) is 4.98 Å². The Morgan fingerprint density at radius 3 is 2.80 bits per heavy atom. The number of nitrogens with one attached hydrogen (secondary N) is 2. The minimum atomic E-state index is -3.75. The lowest BCUT2D eigenvalue weighted by Gasteiger charge is -2.24. The molecule has 2 heterocycles. The van der Waals surface area contributed by atoms with Crippen LogP contribution in [0.15, 0.2) is 33.7 Å². The molecule has 4 rings (SSSR count). The van der Waals surface area contributed by atoms with Crippen LogP contribution in [0, 0.1) is 11.2 Å². The first-order chi connectivity index (χ1) is 11.9. The van der Waals surface area contributed by atoms with Gasteiger partial charge < -0.3 is 9.84 Å². The lowest BCUT2D eigenvalue weighted by molar-refractivity contribution is 0.265. The first-order valence-electron chi connectivity index (χ1n) is 8.24. The van der Waals surface area contributed by atoms with Crippen molar-refractivity contribution in [1.82, 2.24) is 20.2 Å². The van der Waals surface area contributed by atoms with Crippen molar-refractivity contribution in [3.63, 3.8) is 0 Å². The SMILES string of the molecule is O=S(=O)(NCc1noc(CC23CCC(C2)NC3)n1)c1ccc(F)cc1. The van der Waals surface area contributed by atoms with Crippen molar-refractivity contribution in [2.75, 3.05) is 6.54 Å². The molecule has 1 aliphatic carbocycles. The molecule has 2 bridgehead atoms. The van der Waals surface area contributed by atoms with Crippen LogP contribution >= 0.6 is 0 Å². The summed E-state index contributed by atoms with van der Waals surface area (Å²) in [4.78, 5) is 4.29. The van der Waals surface area contributed by atoms with Crippen molar-refractivity contribution in [1.29, 1.82) is 0 Å². The van der Waals surface area contributed by atoms with Crippen LogP contribution in [0.25, 0.3) is 0 Å². The molecule has 2 aliphatic rings. The van der Waals surface area contributed by atoms with Crippen LogP contribution in [0.2, 0.25) is 0 Å². The first-order valence-corrected chi connectivity index (χ1v) is 9.73. The third-order valence-electron chi connectivity index (χ3n) is 5.05. The van der Waals surface area contributed by atoms with Crippen LogP contribution in [0.5, 0.6) is 0 Å². The van der Waals surface area contributed by atoms with Gasteiger partial charge >= 0.3 is 0 Å². The minimum Gasteiger partial charge on any atom is -0.339 e. The molecule has 1 aliphatic heterocycles. The van der Waals surface area contributed by atoms with E-state index in [1.165, 1.54) is 18.6 Å². The predicted molar refractivity (Wildman–Crippen MR) is 86.5 cm³/mol. The molecular formula is C16H19FN4O3S. The van der Waals surface area contributed by atoms with Gasteiger partial charge in [-0.1, -0.05) is 5.16 Å². The summed E-state index contributed by atoms with van der Waals surface area (Å²) in [6.07, 6.45) is 4.17. The van der Waals surface area contributed by atoms with Crippen LogP contribution in [0.3, 0.4) is 0 Å². The van der Waals surface area contributed by atoms with E-state index in [1.807, 2.05) is 0 Å². The molecule has 1 aromatic heterocycles. The average molecular weight is 366 g/mol. The molecule has 9 heteroatoms. The number of rotatable bonds is 6. The van der Waals surface area contributed by atoms with Gasteiger partial charge in [-0.3, -0.25) is 0 Å². The second kappa shape index (κ2) is 6.15. The van der Waals surface area contributed by atoms with Gasteiger partial charge in [0.25, 0.3) is 0 Å². The number of benzene rings is 1. The summed E-state index contributed by atoms with van der Waals surface area (Å²) in [6.45, 7) is 0.893. The summed E-state index contributed by atoms with van der Waals surface area (Å²) in [5, 5.41) is 7.34. The van der Waals surface area contributed by atoms with Crippen LogP contribution in [-0.4, -0.2) is 31.1 Å². The number of fused-ring (bicyclic) bond motifs is 2. The van der Waals surface area contributed by atoms with E-state index in [0.29, 0.717) is 18.4 Å². The van der Waals surface area contributed by atoms with Gasteiger partial charge in [-0.05, 0) is 48.9 Å². The van der Waals surface area contributed by atoms with E-state index in [0.717, 1.165) is 31.5 Å². The van der Waals surface area contributed by atoms with Crippen molar-refractivity contribution >= 4 is 10.0 Å².